The Kier molecular flexibility index (Phi) is 4.14. The normalized spacial score (nSPS) is 16.4. The number of carbonyl (C=O) groups excluding carboxylic acids is 1. The molecule has 1 aliphatic heterocycles. The summed E-state index contributed by atoms with van der Waals surface area (Å²) in [6.45, 7) is 5.03. The summed E-state index contributed by atoms with van der Waals surface area (Å²) < 4.78 is 1.79. The zero-order chi connectivity index (χ0) is 19.1. The van der Waals surface area contributed by atoms with Crippen molar-refractivity contribution in [1.29, 1.82) is 0 Å². The van der Waals surface area contributed by atoms with Gasteiger partial charge in [0.15, 0.2) is 5.65 Å². The highest BCUT2D eigenvalue weighted by Gasteiger charge is 2.33. The molecule has 138 valence electrons. The van der Waals surface area contributed by atoms with Gasteiger partial charge in [-0.1, -0.05) is 24.3 Å². The van der Waals surface area contributed by atoms with Crippen LogP contribution in [0.2, 0.25) is 0 Å². The Balaban J connectivity index is 1.72. The number of fused-ring (bicyclic) bond motifs is 2. The van der Waals surface area contributed by atoms with Crippen LogP contribution in [-0.2, 0) is 17.9 Å². The smallest absolute Gasteiger partial charge is 0.312 e. The van der Waals surface area contributed by atoms with E-state index in [9.17, 15) is 14.7 Å². The van der Waals surface area contributed by atoms with E-state index in [2.05, 4.69) is 10.1 Å². The predicted molar refractivity (Wildman–Crippen MR) is 99.5 cm³/mol. The molecule has 0 bridgehead atoms. The lowest BCUT2D eigenvalue weighted by Crippen LogP contribution is -2.40. The lowest BCUT2D eigenvalue weighted by atomic mass is 9.89. The molecule has 1 aromatic carbocycles. The van der Waals surface area contributed by atoms with E-state index in [1.54, 1.807) is 28.8 Å². The van der Waals surface area contributed by atoms with Gasteiger partial charge in [-0.25, -0.2) is 9.67 Å². The van der Waals surface area contributed by atoms with Crippen LogP contribution in [0.3, 0.4) is 0 Å². The molecule has 1 aliphatic rings. The van der Waals surface area contributed by atoms with Gasteiger partial charge in [-0.2, -0.15) is 5.10 Å². The van der Waals surface area contributed by atoms with E-state index in [4.69, 9.17) is 0 Å². The number of benzene rings is 1. The molecule has 4 rings (SSSR count). The fraction of sp³-hybridized carbons (Fsp3) is 0.300. The van der Waals surface area contributed by atoms with Gasteiger partial charge in [-0.05, 0) is 31.0 Å². The van der Waals surface area contributed by atoms with Gasteiger partial charge in [0.05, 0.1) is 23.4 Å². The third-order valence-electron chi connectivity index (χ3n) is 5.11. The summed E-state index contributed by atoms with van der Waals surface area (Å²) in [4.78, 5) is 31.1. The quantitative estimate of drug-likeness (QED) is 0.772. The lowest BCUT2D eigenvalue weighted by Gasteiger charge is -2.33. The fourth-order valence-corrected chi connectivity index (χ4v) is 3.69. The van der Waals surface area contributed by atoms with Crippen molar-refractivity contribution in [2.45, 2.75) is 32.9 Å². The number of carboxylic acid groups (broad SMARTS) is 1. The molecule has 0 spiro atoms. The van der Waals surface area contributed by atoms with Crippen molar-refractivity contribution >= 4 is 22.9 Å². The van der Waals surface area contributed by atoms with Gasteiger partial charge < -0.3 is 10.0 Å². The van der Waals surface area contributed by atoms with Crippen molar-refractivity contribution in [1.82, 2.24) is 19.7 Å². The van der Waals surface area contributed by atoms with Crippen LogP contribution < -0.4 is 0 Å². The maximum absolute atomic E-state index is 13.2. The third-order valence-corrected chi connectivity index (χ3v) is 5.11. The lowest BCUT2D eigenvalue weighted by molar-refractivity contribution is -0.139. The Morgan fingerprint density at radius 1 is 1.30 bits per heavy atom. The number of amides is 1. The Labute approximate surface area is 156 Å². The largest absolute Gasteiger partial charge is 0.481 e. The van der Waals surface area contributed by atoms with Crippen LogP contribution >= 0.6 is 0 Å². The molecule has 3 aromatic rings. The number of carboxylic acids is 1. The summed E-state index contributed by atoms with van der Waals surface area (Å²) in [5.41, 5.74) is 3.51. The molecule has 3 heterocycles. The minimum Gasteiger partial charge on any atom is -0.481 e. The minimum absolute atomic E-state index is 0.150. The molecule has 0 saturated heterocycles. The first-order valence-electron chi connectivity index (χ1n) is 8.92. The van der Waals surface area contributed by atoms with Crippen LogP contribution in [0.15, 0.2) is 36.5 Å². The van der Waals surface area contributed by atoms with E-state index >= 15 is 0 Å². The zero-order valence-corrected chi connectivity index (χ0v) is 15.2. The van der Waals surface area contributed by atoms with Crippen LogP contribution in [0.4, 0.5) is 0 Å². The average molecular weight is 364 g/mol. The van der Waals surface area contributed by atoms with Crippen LogP contribution in [0.25, 0.3) is 11.0 Å². The number of aryl methyl sites for hydroxylation is 2. The van der Waals surface area contributed by atoms with Crippen LogP contribution in [0.1, 0.15) is 40.0 Å². The molecule has 1 amide bonds. The molecule has 1 unspecified atom stereocenters. The molecular weight excluding hydrogens is 344 g/mol. The van der Waals surface area contributed by atoms with E-state index in [0.29, 0.717) is 24.3 Å². The van der Waals surface area contributed by atoms with Gasteiger partial charge in [0.1, 0.15) is 0 Å². The second kappa shape index (κ2) is 6.50. The van der Waals surface area contributed by atoms with Gasteiger partial charge in [0, 0.05) is 25.0 Å². The van der Waals surface area contributed by atoms with Gasteiger partial charge in [-0.15, -0.1) is 0 Å². The maximum Gasteiger partial charge on any atom is 0.312 e. The van der Waals surface area contributed by atoms with E-state index in [0.717, 1.165) is 22.2 Å². The number of aromatic nitrogens is 3. The first kappa shape index (κ1) is 17.2. The minimum atomic E-state index is -0.922. The Morgan fingerprint density at radius 2 is 2.07 bits per heavy atom. The van der Waals surface area contributed by atoms with Crippen molar-refractivity contribution in [3.8, 4) is 0 Å². The van der Waals surface area contributed by atoms with E-state index in [1.807, 2.05) is 31.2 Å². The number of aliphatic carboxylic acids is 1. The third kappa shape index (κ3) is 2.85. The molecule has 1 N–H and O–H groups in total. The number of carbonyl (C=O) groups is 2. The summed E-state index contributed by atoms with van der Waals surface area (Å²) in [5, 5.41) is 14.7. The summed E-state index contributed by atoms with van der Waals surface area (Å²) in [5.74, 6) is -1.85. The summed E-state index contributed by atoms with van der Waals surface area (Å²) in [6, 6.07) is 9.21. The van der Waals surface area contributed by atoms with E-state index in [-0.39, 0.29) is 12.5 Å². The average Bonchev–Trinajstić information content (AvgIpc) is 3.07. The Hall–Kier alpha value is -3.22. The van der Waals surface area contributed by atoms with Crippen molar-refractivity contribution in [3.63, 3.8) is 0 Å². The zero-order valence-electron chi connectivity index (χ0n) is 15.2. The molecule has 2 aromatic heterocycles. The summed E-state index contributed by atoms with van der Waals surface area (Å²) in [6.07, 6.45) is 1.70. The number of rotatable bonds is 3. The standard InChI is InChI=1S/C20H20N4O3/c1-3-24-18-14(9-21-24)8-16(12(2)22-18)19(25)23-10-13-6-4-5-7-15(13)17(11-23)20(26)27/h4-9,17H,3,10-11H2,1-2H3,(H,26,27). The second-order valence-electron chi connectivity index (χ2n) is 6.77. The SMILES string of the molecule is CCn1ncc2cc(C(=O)N3Cc4ccccc4C(C(=O)O)C3)c(C)nc21. The predicted octanol–water partition coefficient (Wildman–Crippen LogP) is 2.58. The number of pyridine rings is 1. The highest BCUT2D eigenvalue weighted by atomic mass is 16.4. The molecule has 7 heteroatoms. The van der Waals surface area contributed by atoms with E-state index < -0.39 is 11.9 Å². The highest BCUT2D eigenvalue weighted by Crippen LogP contribution is 2.30. The molecule has 0 radical (unpaired) electrons. The second-order valence-corrected chi connectivity index (χ2v) is 6.77. The monoisotopic (exact) mass is 364 g/mol. The van der Waals surface area contributed by atoms with Crippen LogP contribution in [-0.4, -0.2) is 43.2 Å². The first-order chi connectivity index (χ1) is 13.0. The molecule has 0 fully saturated rings. The topological polar surface area (TPSA) is 88.3 Å². The molecular formula is C20H20N4O3. The van der Waals surface area contributed by atoms with Crippen molar-refractivity contribution in [2.75, 3.05) is 6.54 Å². The number of hydrogen-bond donors (Lipinski definition) is 1. The van der Waals surface area contributed by atoms with Crippen molar-refractivity contribution < 1.29 is 14.7 Å². The molecule has 0 aliphatic carbocycles. The van der Waals surface area contributed by atoms with Crippen molar-refractivity contribution in [2.24, 2.45) is 0 Å². The Morgan fingerprint density at radius 3 is 2.81 bits per heavy atom. The molecule has 0 saturated carbocycles. The van der Waals surface area contributed by atoms with Gasteiger partial charge >= 0.3 is 5.97 Å². The summed E-state index contributed by atoms with van der Waals surface area (Å²) in [7, 11) is 0. The number of hydrogen-bond acceptors (Lipinski definition) is 4. The van der Waals surface area contributed by atoms with Gasteiger partial charge in [0.2, 0.25) is 0 Å². The maximum atomic E-state index is 13.2. The summed E-state index contributed by atoms with van der Waals surface area (Å²) >= 11 is 0. The molecule has 1 atom stereocenters. The van der Waals surface area contributed by atoms with Crippen LogP contribution in [0, 0.1) is 6.92 Å². The Bertz CT molecular complexity index is 1060. The number of nitrogens with zero attached hydrogens (tertiary/aromatic N) is 4. The fourth-order valence-electron chi connectivity index (χ4n) is 3.69. The molecule has 27 heavy (non-hydrogen) atoms. The first-order valence-corrected chi connectivity index (χ1v) is 8.92. The van der Waals surface area contributed by atoms with Crippen molar-refractivity contribution in [3.05, 3.63) is 58.9 Å². The van der Waals surface area contributed by atoms with Crippen LogP contribution in [0.5, 0.6) is 0 Å². The van der Waals surface area contributed by atoms with E-state index in [1.165, 1.54) is 0 Å². The molecule has 7 nitrogen and oxygen atoms in total. The highest BCUT2D eigenvalue weighted by molar-refractivity contribution is 5.98. The van der Waals surface area contributed by atoms with Gasteiger partial charge in [-0.3, -0.25) is 9.59 Å². The van der Waals surface area contributed by atoms with Gasteiger partial charge in [0.25, 0.3) is 5.91 Å².